The maximum atomic E-state index is 11.9. The van der Waals surface area contributed by atoms with Gasteiger partial charge in [-0.1, -0.05) is 134 Å². The summed E-state index contributed by atoms with van der Waals surface area (Å²) in [5.41, 5.74) is 2.10. The van der Waals surface area contributed by atoms with E-state index >= 15 is 0 Å². The van der Waals surface area contributed by atoms with Gasteiger partial charge in [0.05, 0.1) is 6.61 Å². The summed E-state index contributed by atoms with van der Waals surface area (Å²) in [6.07, 6.45) is 17.3. The fourth-order valence-electron chi connectivity index (χ4n) is 3.77. The molecule has 1 aromatic rings. The predicted octanol–water partition coefficient (Wildman–Crippen LogP) is 8.56. The Hall–Kier alpha value is -2.66. The summed E-state index contributed by atoms with van der Waals surface area (Å²) >= 11 is 0. The Kier molecular flexibility index (Phi) is 23.9. The summed E-state index contributed by atoms with van der Waals surface area (Å²) in [5.74, 6) is -0.564. The lowest BCUT2D eigenvalue weighted by Gasteiger charge is -2.17. The summed E-state index contributed by atoms with van der Waals surface area (Å²) < 4.78 is 10.3. The Bertz CT molecular complexity index is 812. The Labute approximate surface area is 239 Å². The summed E-state index contributed by atoms with van der Waals surface area (Å²) in [7, 11) is 0. The van der Waals surface area contributed by atoms with Crippen molar-refractivity contribution >= 4 is 18.0 Å². The van der Waals surface area contributed by atoms with Gasteiger partial charge in [0, 0.05) is 17.7 Å². The first kappa shape index (κ1) is 36.3. The number of allylic oxidation sites excluding steroid dienone is 1. The van der Waals surface area contributed by atoms with Crippen LogP contribution in [0.4, 0.5) is 0 Å². The van der Waals surface area contributed by atoms with E-state index in [4.69, 9.17) is 9.47 Å². The molecule has 0 unspecified atom stereocenters. The first-order valence-corrected chi connectivity index (χ1v) is 15.0. The van der Waals surface area contributed by atoms with Crippen molar-refractivity contribution in [3.05, 3.63) is 66.3 Å². The lowest BCUT2D eigenvalue weighted by atomic mass is 10.1. The van der Waals surface area contributed by atoms with Crippen LogP contribution < -0.4 is 0 Å². The number of ether oxygens (including phenoxy) is 2. The molecule has 0 radical (unpaired) electrons. The molecule has 0 aliphatic carbocycles. The van der Waals surface area contributed by atoms with Gasteiger partial charge in [-0.2, -0.15) is 0 Å². The normalized spacial score (nSPS) is 10.7. The number of nitrogens with zero attached hydrogens (tertiary/aromatic N) is 1. The first-order valence-electron chi connectivity index (χ1n) is 15.0. The monoisotopic (exact) mass is 541 g/mol. The number of carbonyl (C=O) groups is 2. The molecule has 0 heterocycles. The highest BCUT2D eigenvalue weighted by atomic mass is 16.5. The SMILES string of the molecule is C=C(C)C(=O)OCCN(CC)CC.C=C(CC=Cc1ccccc1)C(=O)OCCCCCCCCCCCC. The van der Waals surface area contributed by atoms with Gasteiger partial charge in [0.2, 0.25) is 0 Å². The third-order valence-corrected chi connectivity index (χ3v) is 6.38. The smallest absolute Gasteiger partial charge is 0.333 e. The molecular formula is C34H55NO4. The molecule has 0 N–H and O–H groups in total. The number of benzene rings is 1. The zero-order chi connectivity index (χ0) is 29.1. The lowest BCUT2D eigenvalue weighted by molar-refractivity contribution is -0.140. The van der Waals surface area contributed by atoms with Gasteiger partial charge in [-0.15, -0.1) is 0 Å². The molecule has 5 heteroatoms. The average molecular weight is 542 g/mol. The van der Waals surface area contributed by atoms with E-state index in [1.54, 1.807) is 6.92 Å². The minimum atomic E-state index is -0.299. The largest absolute Gasteiger partial charge is 0.462 e. The van der Waals surface area contributed by atoms with Gasteiger partial charge >= 0.3 is 11.9 Å². The van der Waals surface area contributed by atoms with Gasteiger partial charge in [0.1, 0.15) is 6.61 Å². The number of hydrogen-bond acceptors (Lipinski definition) is 5. The van der Waals surface area contributed by atoms with E-state index in [-0.39, 0.29) is 11.9 Å². The maximum absolute atomic E-state index is 11.9. The quantitative estimate of drug-likeness (QED) is 0.0886. The number of unbranched alkanes of at least 4 members (excludes halogenated alkanes) is 9. The van der Waals surface area contributed by atoms with Crippen LogP contribution in [-0.4, -0.2) is 49.7 Å². The van der Waals surface area contributed by atoms with Crippen LogP contribution in [-0.2, 0) is 19.1 Å². The van der Waals surface area contributed by atoms with Crippen molar-refractivity contribution in [1.29, 1.82) is 0 Å². The second kappa shape index (κ2) is 25.6. The van der Waals surface area contributed by atoms with Crippen molar-refractivity contribution < 1.29 is 19.1 Å². The van der Waals surface area contributed by atoms with Gasteiger partial charge in [-0.3, -0.25) is 0 Å². The molecule has 0 saturated carbocycles. The molecule has 1 aromatic carbocycles. The highest BCUT2D eigenvalue weighted by Gasteiger charge is 2.06. The van der Waals surface area contributed by atoms with Crippen molar-refractivity contribution in [2.45, 2.75) is 98.3 Å². The van der Waals surface area contributed by atoms with Crippen molar-refractivity contribution in [2.24, 2.45) is 0 Å². The minimum absolute atomic E-state index is 0.265. The van der Waals surface area contributed by atoms with Crippen molar-refractivity contribution in [1.82, 2.24) is 4.90 Å². The molecule has 0 aliphatic rings. The van der Waals surface area contributed by atoms with Gasteiger partial charge in [0.15, 0.2) is 0 Å². The zero-order valence-corrected chi connectivity index (χ0v) is 25.3. The predicted molar refractivity (Wildman–Crippen MR) is 166 cm³/mol. The van der Waals surface area contributed by atoms with Crippen molar-refractivity contribution in [2.75, 3.05) is 32.8 Å². The Balaban J connectivity index is 0.000000935. The molecule has 0 atom stereocenters. The molecule has 220 valence electrons. The zero-order valence-electron chi connectivity index (χ0n) is 25.3. The number of likely N-dealkylation sites (N-methyl/N-ethyl adjacent to an activating group) is 1. The van der Waals surface area contributed by atoms with Gasteiger partial charge in [-0.05, 0) is 38.4 Å². The summed E-state index contributed by atoms with van der Waals surface area (Å²) in [4.78, 5) is 25.1. The number of carbonyl (C=O) groups excluding carboxylic acids is 2. The minimum Gasteiger partial charge on any atom is -0.462 e. The fraction of sp³-hybridized carbons (Fsp3) is 0.588. The van der Waals surface area contributed by atoms with Crippen LogP contribution in [0.25, 0.3) is 6.08 Å². The highest BCUT2D eigenvalue weighted by molar-refractivity contribution is 5.88. The van der Waals surface area contributed by atoms with Crippen LogP contribution in [0.1, 0.15) is 104 Å². The summed E-state index contributed by atoms with van der Waals surface area (Å²) in [6.45, 7) is 19.2. The fourth-order valence-corrected chi connectivity index (χ4v) is 3.77. The van der Waals surface area contributed by atoms with Crippen LogP contribution in [0.3, 0.4) is 0 Å². The van der Waals surface area contributed by atoms with Crippen molar-refractivity contribution in [3.8, 4) is 0 Å². The lowest BCUT2D eigenvalue weighted by Crippen LogP contribution is -2.27. The topological polar surface area (TPSA) is 55.8 Å². The average Bonchev–Trinajstić information content (AvgIpc) is 2.94. The van der Waals surface area contributed by atoms with Gasteiger partial charge in [-0.25, -0.2) is 9.59 Å². The van der Waals surface area contributed by atoms with Crippen LogP contribution in [0.2, 0.25) is 0 Å². The Morgan fingerprint density at radius 1 is 0.769 bits per heavy atom. The molecule has 5 nitrogen and oxygen atoms in total. The molecule has 0 fully saturated rings. The third kappa shape index (κ3) is 21.9. The maximum Gasteiger partial charge on any atom is 0.333 e. The van der Waals surface area contributed by atoms with Crippen LogP contribution in [0.5, 0.6) is 0 Å². The summed E-state index contributed by atoms with van der Waals surface area (Å²) in [5, 5.41) is 0. The molecule has 0 saturated heterocycles. The Morgan fingerprint density at radius 3 is 1.85 bits per heavy atom. The second-order valence-corrected chi connectivity index (χ2v) is 9.88. The van der Waals surface area contributed by atoms with Crippen LogP contribution >= 0.6 is 0 Å². The van der Waals surface area contributed by atoms with E-state index < -0.39 is 0 Å². The van der Waals surface area contributed by atoms with Gasteiger partial charge < -0.3 is 14.4 Å². The molecule has 0 spiro atoms. The number of esters is 2. The van der Waals surface area contributed by atoms with E-state index in [2.05, 4.69) is 38.8 Å². The molecular weight excluding hydrogens is 486 g/mol. The molecule has 0 amide bonds. The van der Waals surface area contributed by atoms with Crippen LogP contribution in [0, 0.1) is 0 Å². The molecule has 0 aromatic heterocycles. The van der Waals surface area contributed by atoms with E-state index in [1.165, 1.54) is 51.4 Å². The second-order valence-electron chi connectivity index (χ2n) is 9.88. The van der Waals surface area contributed by atoms with Gasteiger partial charge in [0.25, 0.3) is 0 Å². The molecule has 0 bridgehead atoms. The van der Waals surface area contributed by atoms with E-state index in [0.717, 1.165) is 38.0 Å². The van der Waals surface area contributed by atoms with E-state index in [1.807, 2.05) is 42.5 Å². The highest BCUT2D eigenvalue weighted by Crippen LogP contribution is 2.11. The standard InChI is InChI=1S/C24H36O2.C10H19NO2/c1-3-4-5-6-7-8-9-10-11-15-21-26-24(25)22(2)17-16-20-23-18-13-12-14-19-23;1-5-11(6-2)7-8-13-10(12)9(3)4/h12-14,16,18-20H,2-11,15,17,21H2,1H3;3,5-8H2,1-2,4H3. The van der Waals surface area contributed by atoms with E-state index in [9.17, 15) is 9.59 Å². The van der Waals surface area contributed by atoms with Crippen molar-refractivity contribution in [3.63, 3.8) is 0 Å². The molecule has 1 rings (SSSR count). The van der Waals surface area contributed by atoms with Crippen LogP contribution in [0.15, 0.2) is 60.7 Å². The number of hydrogen-bond donors (Lipinski definition) is 0. The molecule has 39 heavy (non-hydrogen) atoms. The summed E-state index contributed by atoms with van der Waals surface area (Å²) in [6, 6.07) is 10.0. The first-order chi connectivity index (χ1) is 18.8. The third-order valence-electron chi connectivity index (χ3n) is 6.38. The molecule has 0 aliphatic heterocycles. The van der Waals surface area contributed by atoms with E-state index in [0.29, 0.717) is 30.8 Å². The number of rotatable bonds is 21. The Morgan fingerprint density at radius 2 is 1.31 bits per heavy atom.